The van der Waals surface area contributed by atoms with Gasteiger partial charge >= 0.3 is 0 Å². The number of amides is 1. The van der Waals surface area contributed by atoms with E-state index in [9.17, 15) is 9.18 Å². The fraction of sp³-hybridized carbons (Fsp3) is 0.400. The maximum absolute atomic E-state index is 14.0. The van der Waals surface area contributed by atoms with Crippen molar-refractivity contribution >= 4 is 17.7 Å². The summed E-state index contributed by atoms with van der Waals surface area (Å²) >= 11 is 1.32. The molecular formula is C25H31FN4O3S. The zero-order valence-electron chi connectivity index (χ0n) is 20.0. The molecule has 0 N–H and O–H groups in total. The Labute approximate surface area is 204 Å². The Bertz CT molecular complexity index is 1060. The molecule has 9 heteroatoms. The molecule has 182 valence electrons. The first kappa shape index (κ1) is 25.7. The molecule has 0 aliphatic rings. The molecule has 0 saturated heterocycles. The van der Waals surface area contributed by atoms with Gasteiger partial charge in [-0.15, -0.1) is 10.2 Å². The van der Waals surface area contributed by atoms with Gasteiger partial charge in [0.1, 0.15) is 6.61 Å². The highest BCUT2D eigenvalue weighted by molar-refractivity contribution is 7.99. The number of hydrogen-bond donors (Lipinski definition) is 0. The molecule has 7 nitrogen and oxygen atoms in total. The Balaban J connectivity index is 1.72. The van der Waals surface area contributed by atoms with Crippen molar-refractivity contribution in [3.63, 3.8) is 0 Å². The van der Waals surface area contributed by atoms with Crippen LogP contribution in [-0.2, 0) is 22.7 Å². The van der Waals surface area contributed by atoms with Crippen LogP contribution in [0.2, 0.25) is 0 Å². The lowest BCUT2D eigenvalue weighted by atomic mass is 10.2. The number of rotatable bonds is 12. The van der Waals surface area contributed by atoms with Gasteiger partial charge in [-0.05, 0) is 38.5 Å². The topological polar surface area (TPSA) is 69.5 Å². The van der Waals surface area contributed by atoms with Crippen LogP contribution in [0.15, 0.2) is 59.8 Å². The van der Waals surface area contributed by atoms with Crippen LogP contribution >= 0.6 is 11.8 Å². The molecule has 1 amide bonds. The molecule has 34 heavy (non-hydrogen) atoms. The largest absolute Gasteiger partial charge is 0.483 e. The second-order valence-corrected chi connectivity index (χ2v) is 9.12. The summed E-state index contributed by atoms with van der Waals surface area (Å²) < 4.78 is 26.8. The van der Waals surface area contributed by atoms with Gasteiger partial charge in [0.2, 0.25) is 5.91 Å². The van der Waals surface area contributed by atoms with Crippen LogP contribution in [-0.4, -0.2) is 51.1 Å². The molecule has 3 aromatic rings. The van der Waals surface area contributed by atoms with E-state index in [2.05, 4.69) is 10.2 Å². The second-order valence-electron chi connectivity index (χ2n) is 8.18. The van der Waals surface area contributed by atoms with Gasteiger partial charge in [-0.2, -0.15) is 0 Å². The summed E-state index contributed by atoms with van der Waals surface area (Å²) in [5.41, 5.74) is 1.08. The van der Waals surface area contributed by atoms with Gasteiger partial charge in [-0.25, -0.2) is 4.39 Å². The first-order chi connectivity index (χ1) is 16.4. The van der Waals surface area contributed by atoms with Gasteiger partial charge < -0.3 is 14.4 Å². The predicted octanol–water partition coefficient (Wildman–Crippen LogP) is 4.73. The number of halogens is 1. The van der Waals surface area contributed by atoms with Crippen LogP contribution in [0.5, 0.6) is 5.75 Å². The van der Waals surface area contributed by atoms with E-state index in [0.29, 0.717) is 24.1 Å². The summed E-state index contributed by atoms with van der Waals surface area (Å²) in [5, 5.41) is 9.14. The molecule has 2 aromatic carbocycles. The van der Waals surface area contributed by atoms with Crippen molar-refractivity contribution in [2.75, 3.05) is 19.5 Å². The number of carbonyl (C=O) groups excluding carboxylic acids is 1. The quantitative estimate of drug-likeness (QED) is 0.345. The smallest absolute Gasteiger partial charge is 0.233 e. The lowest BCUT2D eigenvalue weighted by molar-refractivity contribution is -0.130. The normalized spacial score (nSPS) is 12.1. The van der Waals surface area contributed by atoms with Crippen molar-refractivity contribution in [1.82, 2.24) is 19.7 Å². The maximum atomic E-state index is 14.0. The third kappa shape index (κ3) is 6.80. The van der Waals surface area contributed by atoms with E-state index in [1.165, 1.54) is 17.8 Å². The van der Waals surface area contributed by atoms with Crippen molar-refractivity contribution in [3.8, 4) is 5.75 Å². The highest BCUT2D eigenvalue weighted by Gasteiger charge is 2.22. The van der Waals surface area contributed by atoms with Crippen LogP contribution in [0.3, 0.4) is 0 Å². The fourth-order valence-electron chi connectivity index (χ4n) is 3.51. The van der Waals surface area contributed by atoms with Crippen LogP contribution in [0.1, 0.15) is 38.2 Å². The molecule has 0 aliphatic heterocycles. The molecule has 1 atom stereocenters. The van der Waals surface area contributed by atoms with E-state index in [1.807, 2.05) is 60.6 Å². The minimum absolute atomic E-state index is 0.0157. The van der Waals surface area contributed by atoms with E-state index in [1.54, 1.807) is 25.3 Å². The van der Waals surface area contributed by atoms with Crippen molar-refractivity contribution in [1.29, 1.82) is 0 Å². The summed E-state index contributed by atoms with van der Waals surface area (Å²) in [4.78, 5) is 14.9. The SMILES string of the molecule is COCC(C)n1c(COc2ccccc2F)nnc1SCC(=O)N(Cc1ccccc1)C(C)C. The van der Waals surface area contributed by atoms with Gasteiger partial charge in [0, 0.05) is 19.7 Å². The minimum Gasteiger partial charge on any atom is -0.483 e. The van der Waals surface area contributed by atoms with Gasteiger partial charge in [0.25, 0.3) is 0 Å². The number of nitrogens with zero attached hydrogens (tertiary/aromatic N) is 4. The highest BCUT2D eigenvalue weighted by atomic mass is 32.2. The summed E-state index contributed by atoms with van der Waals surface area (Å²) in [6, 6.07) is 16.1. The number of ether oxygens (including phenoxy) is 2. The van der Waals surface area contributed by atoms with E-state index < -0.39 is 5.82 Å². The predicted molar refractivity (Wildman–Crippen MR) is 130 cm³/mol. The van der Waals surface area contributed by atoms with Crippen LogP contribution < -0.4 is 4.74 Å². The van der Waals surface area contributed by atoms with Crippen molar-refractivity contribution < 1.29 is 18.7 Å². The lowest BCUT2D eigenvalue weighted by Crippen LogP contribution is -2.37. The van der Waals surface area contributed by atoms with Crippen LogP contribution in [0.4, 0.5) is 4.39 Å². The molecule has 1 unspecified atom stereocenters. The molecule has 0 radical (unpaired) electrons. The summed E-state index contributed by atoms with van der Waals surface area (Å²) in [6.45, 7) is 7.01. The van der Waals surface area contributed by atoms with E-state index in [0.717, 1.165) is 5.56 Å². The third-order valence-corrected chi connectivity index (χ3v) is 6.17. The molecule has 3 rings (SSSR count). The summed E-state index contributed by atoms with van der Waals surface area (Å²) in [7, 11) is 1.62. The van der Waals surface area contributed by atoms with Gasteiger partial charge in [-0.1, -0.05) is 54.2 Å². The number of para-hydroxylation sites is 1. The Morgan fingerprint density at radius 2 is 1.79 bits per heavy atom. The number of benzene rings is 2. The van der Waals surface area contributed by atoms with Gasteiger partial charge in [0.15, 0.2) is 22.5 Å². The second kappa shape index (κ2) is 12.5. The number of aromatic nitrogens is 3. The average Bonchev–Trinajstić information content (AvgIpc) is 3.24. The van der Waals surface area contributed by atoms with Gasteiger partial charge in [0.05, 0.1) is 18.4 Å². The first-order valence-electron chi connectivity index (χ1n) is 11.2. The Hall–Kier alpha value is -2.91. The molecule has 0 bridgehead atoms. The van der Waals surface area contributed by atoms with Crippen molar-refractivity contribution in [2.24, 2.45) is 0 Å². The molecule has 0 aliphatic carbocycles. The Morgan fingerprint density at radius 3 is 2.47 bits per heavy atom. The minimum atomic E-state index is -0.439. The van der Waals surface area contributed by atoms with Crippen molar-refractivity contribution in [2.45, 2.75) is 51.2 Å². The Morgan fingerprint density at radius 1 is 1.09 bits per heavy atom. The maximum Gasteiger partial charge on any atom is 0.233 e. The lowest BCUT2D eigenvalue weighted by Gasteiger charge is -2.27. The molecule has 1 heterocycles. The third-order valence-electron chi connectivity index (χ3n) is 5.24. The highest BCUT2D eigenvalue weighted by Crippen LogP contribution is 2.25. The molecular weight excluding hydrogens is 455 g/mol. The number of thioether (sulfide) groups is 1. The monoisotopic (exact) mass is 486 g/mol. The zero-order valence-corrected chi connectivity index (χ0v) is 20.8. The molecule has 1 aromatic heterocycles. The molecule has 0 saturated carbocycles. The summed E-state index contributed by atoms with van der Waals surface area (Å²) in [5.74, 6) is 0.478. The van der Waals surface area contributed by atoms with Crippen LogP contribution in [0.25, 0.3) is 0 Å². The zero-order chi connectivity index (χ0) is 24.5. The van der Waals surface area contributed by atoms with Crippen LogP contribution in [0, 0.1) is 5.82 Å². The summed E-state index contributed by atoms with van der Waals surface area (Å²) in [6.07, 6.45) is 0. The Kier molecular flexibility index (Phi) is 9.47. The molecule has 0 fully saturated rings. The fourth-order valence-corrected chi connectivity index (χ4v) is 4.46. The number of methoxy groups -OCH3 is 1. The van der Waals surface area contributed by atoms with E-state index in [-0.39, 0.29) is 36.1 Å². The number of carbonyl (C=O) groups is 1. The van der Waals surface area contributed by atoms with E-state index >= 15 is 0 Å². The number of hydrogen-bond acceptors (Lipinski definition) is 6. The molecule has 0 spiro atoms. The standard InChI is InChI=1S/C25H31FN4O3S/c1-18(2)29(14-20-10-6-5-7-11-20)24(31)17-34-25-28-27-23(30(25)19(3)15-32-4)16-33-22-13-9-8-12-21(22)26/h5-13,18-19H,14-17H2,1-4H3. The van der Waals surface area contributed by atoms with Gasteiger partial charge in [-0.3, -0.25) is 9.36 Å². The van der Waals surface area contributed by atoms with Crippen molar-refractivity contribution in [3.05, 3.63) is 71.8 Å². The van der Waals surface area contributed by atoms with E-state index in [4.69, 9.17) is 9.47 Å². The first-order valence-corrected chi connectivity index (χ1v) is 12.2. The average molecular weight is 487 g/mol.